The molecule has 4 rings (SSSR count). The van der Waals surface area contributed by atoms with E-state index >= 15 is 0 Å². The smallest absolute Gasteiger partial charge is 0.278 e. The second kappa shape index (κ2) is 9.08. The minimum atomic E-state index is -0.411. The van der Waals surface area contributed by atoms with Crippen LogP contribution in [0.5, 0.6) is 0 Å². The molecule has 166 valence electrons. The summed E-state index contributed by atoms with van der Waals surface area (Å²) in [5, 5.41) is 5.65. The number of anilines is 2. The first-order chi connectivity index (χ1) is 15.8. The van der Waals surface area contributed by atoms with Crippen molar-refractivity contribution in [3.8, 4) is 11.3 Å². The predicted molar refractivity (Wildman–Crippen MR) is 130 cm³/mol. The van der Waals surface area contributed by atoms with Gasteiger partial charge in [0.05, 0.1) is 16.7 Å². The van der Waals surface area contributed by atoms with Crippen LogP contribution >= 0.6 is 0 Å². The number of hydrogen-bond donors (Lipinski definition) is 2. The Bertz CT molecular complexity index is 1440. The van der Waals surface area contributed by atoms with Crippen molar-refractivity contribution in [2.24, 2.45) is 0 Å². The highest BCUT2D eigenvalue weighted by Crippen LogP contribution is 2.27. The quantitative estimate of drug-likeness (QED) is 0.485. The van der Waals surface area contributed by atoms with E-state index in [0.29, 0.717) is 28.0 Å². The van der Waals surface area contributed by atoms with Crippen molar-refractivity contribution in [3.63, 3.8) is 0 Å². The average Bonchev–Trinajstić information content (AvgIpc) is 2.78. The number of aryl methyl sites for hydroxylation is 2. The van der Waals surface area contributed by atoms with Crippen LogP contribution in [0.15, 0.2) is 71.5 Å². The third kappa shape index (κ3) is 4.67. The van der Waals surface area contributed by atoms with E-state index < -0.39 is 5.56 Å². The number of carbonyl (C=O) groups is 2. The summed E-state index contributed by atoms with van der Waals surface area (Å²) in [6.45, 7) is 5.04. The van der Waals surface area contributed by atoms with Gasteiger partial charge < -0.3 is 10.6 Å². The molecule has 0 unspecified atom stereocenters. The monoisotopic (exact) mass is 440 g/mol. The normalized spacial score (nSPS) is 10.8. The lowest BCUT2D eigenvalue weighted by Gasteiger charge is -2.15. The number of benzene rings is 3. The van der Waals surface area contributed by atoms with Gasteiger partial charge in [-0.15, -0.1) is 0 Å². The van der Waals surface area contributed by atoms with Crippen LogP contribution in [0.25, 0.3) is 22.3 Å². The lowest BCUT2D eigenvalue weighted by Crippen LogP contribution is -2.30. The highest BCUT2D eigenvalue weighted by Gasteiger charge is 2.18. The van der Waals surface area contributed by atoms with Crippen LogP contribution in [-0.4, -0.2) is 21.4 Å². The van der Waals surface area contributed by atoms with E-state index in [1.165, 1.54) is 11.5 Å². The van der Waals surface area contributed by atoms with Gasteiger partial charge >= 0.3 is 0 Å². The van der Waals surface area contributed by atoms with Gasteiger partial charge in [-0.25, -0.2) is 4.98 Å². The van der Waals surface area contributed by atoms with E-state index in [2.05, 4.69) is 15.6 Å². The molecule has 4 aromatic rings. The fourth-order valence-electron chi connectivity index (χ4n) is 3.72. The molecule has 33 heavy (non-hydrogen) atoms. The molecule has 0 radical (unpaired) electrons. The van der Waals surface area contributed by atoms with Gasteiger partial charge in [0.2, 0.25) is 11.8 Å². The van der Waals surface area contributed by atoms with Crippen LogP contribution < -0.4 is 16.2 Å². The lowest BCUT2D eigenvalue weighted by atomic mass is 10.1. The van der Waals surface area contributed by atoms with Crippen molar-refractivity contribution in [3.05, 3.63) is 88.2 Å². The van der Waals surface area contributed by atoms with Gasteiger partial charge in [-0.1, -0.05) is 42.0 Å². The van der Waals surface area contributed by atoms with Gasteiger partial charge in [0.25, 0.3) is 5.56 Å². The van der Waals surface area contributed by atoms with Gasteiger partial charge in [-0.3, -0.25) is 19.0 Å². The molecule has 0 fully saturated rings. The third-order valence-corrected chi connectivity index (χ3v) is 5.31. The molecule has 0 atom stereocenters. The summed E-state index contributed by atoms with van der Waals surface area (Å²) < 4.78 is 1.42. The zero-order valence-electron chi connectivity index (χ0n) is 18.7. The molecule has 0 aliphatic carbocycles. The zero-order valence-corrected chi connectivity index (χ0v) is 18.7. The number of para-hydroxylation sites is 3. The van der Waals surface area contributed by atoms with Crippen LogP contribution in [0.2, 0.25) is 0 Å². The Morgan fingerprint density at radius 2 is 1.64 bits per heavy atom. The molecule has 0 saturated heterocycles. The van der Waals surface area contributed by atoms with Crippen LogP contribution in [0.1, 0.15) is 18.1 Å². The number of aromatic nitrogens is 2. The summed E-state index contributed by atoms with van der Waals surface area (Å²) in [6, 6.07) is 20.1. The number of hydrogen-bond acceptors (Lipinski definition) is 4. The van der Waals surface area contributed by atoms with Crippen LogP contribution in [0.4, 0.5) is 11.4 Å². The maximum atomic E-state index is 13.6. The van der Waals surface area contributed by atoms with E-state index in [4.69, 9.17) is 0 Å². The summed E-state index contributed by atoms with van der Waals surface area (Å²) in [5.74, 6) is -0.571. The summed E-state index contributed by atoms with van der Waals surface area (Å²) in [5.41, 5.74) is 4.43. The molecule has 0 aliphatic rings. The molecule has 2 N–H and O–H groups in total. The van der Waals surface area contributed by atoms with Crippen molar-refractivity contribution < 1.29 is 9.59 Å². The first-order valence-corrected chi connectivity index (χ1v) is 10.6. The second-order valence-electron chi connectivity index (χ2n) is 7.93. The molecule has 0 bridgehead atoms. The van der Waals surface area contributed by atoms with Gasteiger partial charge in [0.1, 0.15) is 12.2 Å². The summed E-state index contributed by atoms with van der Waals surface area (Å²) in [6.07, 6.45) is 0. The van der Waals surface area contributed by atoms with Crippen LogP contribution in [-0.2, 0) is 16.1 Å². The summed E-state index contributed by atoms with van der Waals surface area (Å²) in [4.78, 5) is 42.8. The van der Waals surface area contributed by atoms with E-state index in [-0.39, 0.29) is 24.1 Å². The van der Waals surface area contributed by atoms with Gasteiger partial charge in [0, 0.05) is 18.2 Å². The number of fused-ring (bicyclic) bond motifs is 1. The van der Waals surface area contributed by atoms with E-state index in [1.54, 1.807) is 24.3 Å². The van der Waals surface area contributed by atoms with Crippen molar-refractivity contribution >= 4 is 34.2 Å². The van der Waals surface area contributed by atoms with Crippen LogP contribution in [0.3, 0.4) is 0 Å². The molecule has 3 aromatic carbocycles. The number of carbonyl (C=O) groups excluding carboxylic acids is 2. The Hall–Kier alpha value is -4.26. The highest BCUT2D eigenvalue weighted by molar-refractivity contribution is 5.95. The molecule has 0 saturated carbocycles. The number of nitrogens with one attached hydrogen (secondary N) is 2. The van der Waals surface area contributed by atoms with Crippen molar-refractivity contribution in [1.29, 1.82) is 0 Å². The summed E-state index contributed by atoms with van der Waals surface area (Å²) >= 11 is 0. The van der Waals surface area contributed by atoms with Gasteiger partial charge in [-0.05, 0) is 49.7 Å². The maximum absolute atomic E-state index is 13.6. The Morgan fingerprint density at radius 3 is 2.39 bits per heavy atom. The van der Waals surface area contributed by atoms with Crippen LogP contribution in [0, 0.1) is 13.8 Å². The molecule has 0 aliphatic heterocycles. The predicted octanol–water partition coefficient (Wildman–Crippen LogP) is 4.28. The largest absolute Gasteiger partial charge is 0.326 e. The lowest BCUT2D eigenvalue weighted by molar-refractivity contribution is -0.117. The first-order valence-electron chi connectivity index (χ1n) is 10.6. The molecule has 0 spiro atoms. The van der Waals surface area contributed by atoms with E-state index in [0.717, 1.165) is 11.1 Å². The van der Waals surface area contributed by atoms with Crippen molar-refractivity contribution in [1.82, 2.24) is 9.55 Å². The molecular weight excluding hydrogens is 416 g/mol. The Morgan fingerprint density at radius 1 is 0.909 bits per heavy atom. The highest BCUT2D eigenvalue weighted by atomic mass is 16.2. The summed E-state index contributed by atoms with van der Waals surface area (Å²) in [7, 11) is 0. The minimum absolute atomic E-state index is 0.171. The third-order valence-electron chi connectivity index (χ3n) is 5.31. The molecule has 2 amide bonds. The van der Waals surface area contributed by atoms with E-state index in [9.17, 15) is 14.4 Å². The van der Waals surface area contributed by atoms with Crippen molar-refractivity contribution in [2.75, 3.05) is 10.6 Å². The fourth-order valence-corrected chi connectivity index (χ4v) is 3.72. The van der Waals surface area contributed by atoms with E-state index in [1.807, 2.05) is 56.3 Å². The molecule has 7 heteroatoms. The molecule has 1 heterocycles. The van der Waals surface area contributed by atoms with Crippen molar-refractivity contribution in [2.45, 2.75) is 27.3 Å². The molecule has 7 nitrogen and oxygen atoms in total. The average molecular weight is 441 g/mol. The molecular formula is C26H24N4O3. The topological polar surface area (TPSA) is 93.1 Å². The number of rotatable bonds is 5. The molecule has 1 aromatic heterocycles. The van der Waals surface area contributed by atoms with Gasteiger partial charge in [0.15, 0.2) is 0 Å². The fraction of sp³-hybridized carbons (Fsp3) is 0.154. The number of nitrogens with zero attached hydrogens (tertiary/aromatic N) is 2. The Labute approximate surface area is 191 Å². The van der Waals surface area contributed by atoms with Gasteiger partial charge in [-0.2, -0.15) is 0 Å². The Kier molecular flexibility index (Phi) is 6.04. The standard InChI is InChI=1S/C26H24N4O3/c1-16-12-13-21(27-18(3)31)19(14-16)25-26(33)30(23-11-7-6-10-22(23)29-25)15-24(32)28-20-9-5-4-8-17(20)2/h4-14H,15H2,1-3H3,(H,27,31)(H,28,32). The number of amides is 2. The second-order valence-corrected chi connectivity index (χ2v) is 7.93. The SMILES string of the molecule is CC(=O)Nc1ccc(C)cc1-c1nc2ccccc2n(CC(=O)Nc2ccccc2C)c1=O. The zero-order chi connectivity index (χ0) is 23.5. The first kappa shape index (κ1) is 22.0. The minimum Gasteiger partial charge on any atom is -0.326 e. The Balaban J connectivity index is 1.84. The maximum Gasteiger partial charge on any atom is 0.278 e.